The molecule has 0 unspecified atom stereocenters. The molecule has 0 amide bonds. The van der Waals surface area contributed by atoms with Crippen molar-refractivity contribution in [2.75, 3.05) is 0 Å². The molecule has 1 heterocycles. The summed E-state index contributed by atoms with van der Waals surface area (Å²) in [4.78, 5) is 24.5. The van der Waals surface area contributed by atoms with Gasteiger partial charge in [-0.15, -0.1) is 0 Å². The predicted molar refractivity (Wildman–Crippen MR) is 114 cm³/mol. The lowest BCUT2D eigenvalue weighted by molar-refractivity contribution is 0.101. The Morgan fingerprint density at radius 3 is 1.72 bits per heavy atom. The summed E-state index contributed by atoms with van der Waals surface area (Å²) in [5.41, 5.74) is 5.66. The highest BCUT2D eigenvalue weighted by Gasteiger charge is 2.41. The number of hydrogen-bond acceptors (Lipinski definition) is 3. The molecule has 0 saturated carbocycles. The zero-order valence-corrected chi connectivity index (χ0v) is 17.4. The van der Waals surface area contributed by atoms with Gasteiger partial charge in [0.2, 0.25) is 0 Å². The van der Waals surface area contributed by atoms with Gasteiger partial charge in [0.25, 0.3) is 0 Å². The van der Waals surface area contributed by atoms with Crippen molar-refractivity contribution in [3.05, 3.63) is 93.5 Å². The maximum Gasteiger partial charge on any atom is 0.160 e. The molecule has 3 nitrogen and oxygen atoms in total. The van der Waals surface area contributed by atoms with Gasteiger partial charge in [0.15, 0.2) is 11.6 Å². The SMILES string of the molecule is CC(=O)c1ccc(C2(C)c3ccc(C)cc3Oc3cc(C)ccc32)c(C(C)=O)c1. The van der Waals surface area contributed by atoms with E-state index in [9.17, 15) is 9.59 Å². The van der Waals surface area contributed by atoms with Gasteiger partial charge < -0.3 is 4.74 Å². The number of ether oxygens (including phenoxy) is 1. The van der Waals surface area contributed by atoms with Crippen molar-refractivity contribution in [2.24, 2.45) is 0 Å². The van der Waals surface area contributed by atoms with Gasteiger partial charge in [-0.3, -0.25) is 9.59 Å². The summed E-state index contributed by atoms with van der Waals surface area (Å²) in [6.07, 6.45) is 0. The molecule has 4 rings (SSSR count). The molecule has 0 aromatic heterocycles. The predicted octanol–water partition coefficient (Wildman–Crippen LogP) is 6.17. The normalized spacial score (nSPS) is 13.8. The number of fused-ring (bicyclic) bond motifs is 2. The first kappa shape index (κ1) is 19.1. The monoisotopic (exact) mass is 384 g/mol. The Labute approximate surface area is 171 Å². The fourth-order valence-corrected chi connectivity index (χ4v) is 4.30. The van der Waals surface area contributed by atoms with Crippen molar-refractivity contribution in [2.45, 2.75) is 40.0 Å². The minimum absolute atomic E-state index is 0.0526. The second kappa shape index (κ2) is 6.70. The fraction of sp³-hybridized carbons (Fsp3) is 0.231. The fourth-order valence-electron chi connectivity index (χ4n) is 4.30. The van der Waals surface area contributed by atoms with Crippen LogP contribution >= 0.6 is 0 Å². The van der Waals surface area contributed by atoms with Crippen molar-refractivity contribution < 1.29 is 14.3 Å². The third-order valence-corrected chi connectivity index (χ3v) is 5.92. The lowest BCUT2D eigenvalue weighted by Gasteiger charge is -2.39. The van der Waals surface area contributed by atoms with E-state index in [1.165, 1.54) is 6.92 Å². The third-order valence-electron chi connectivity index (χ3n) is 5.92. The molecule has 3 aromatic carbocycles. The van der Waals surface area contributed by atoms with Crippen LogP contribution in [-0.2, 0) is 5.41 Å². The van der Waals surface area contributed by atoms with Crippen LogP contribution in [0.5, 0.6) is 11.5 Å². The van der Waals surface area contributed by atoms with Crippen molar-refractivity contribution >= 4 is 11.6 Å². The molecular formula is C26H24O3. The standard InChI is InChI=1S/C26H24O3/c1-15-6-9-22-24(12-15)29-25-13-16(2)7-10-23(25)26(22,5)21-11-8-19(17(3)27)14-20(21)18(4)28/h6-14H,1-5H3. The van der Waals surface area contributed by atoms with Gasteiger partial charge in [-0.1, -0.05) is 36.4 Å². The minimum atomic E-state index is -0.583. The largest absolute Gasteiger partial charge is 0.457 e. The first-order valence-electron chi connectivity index (χ1n) is 9.78. The molecule has 0 saturated heterocycles. The molecule has 0 radical (unpaired) electrons. The summed E-state index contributed by atoms with van der Waals surface area (Å²) >= 11 is 0. The van der Waals surface area contributed by atoms with Gasteiger partial charge in [-0.05, 0) is 69.5 Å². The van der Waals surface area contributed by atoms with E-state index in [0.29, 0.717) is 11.1 Å². The zero-order chi connectivity index (χ0) is 20.9. The van der Waals surface area contributed by atoms with Crippen LogP contribution in [0.1, 0.15) is 69.3 Å². The Hall–Kier alpha value is -3.20. The summed E-state index contributed by atoms with van der Waals surface area (Å²) < 4.78 is 6.28. The molecule has 0 aliphatic carbocycles. The smallest absolute Gasteiger partial charge is 0.160 e. The van der Waals surface area contributed by atoms with Crippen molar-refractivity contribution in [1.29, 1.82) is 0 Å². The summed E-state index contributed by atoms with van der Waals surface area (Å²) in [5, 5.41) is 0. The van der Waals surface area contributed by atoms with E-state index in [-0.39, 0.29) is 11.6 Å². The molecule has 0 N–H and O–H groups in total. The Bertz CT molecular complexity index is 1120. The number of carbonyl (C=O) groups excluding carboxylic acids is 2. The van der Waals surface area contributed by atoms with Crippen molar-refractivity contribution in [3.63, 3.8) is 0 Å². The number of rotatable bonds is 3. The van der Waals surface area contributed by atoms with Crippen LogP contribution in [-0.4, -0.2) is 11.6 Å². The quantitative estimate of drug-likeness (QED) is 0.507. The van der Waals surface area contributed by atoms with Crippen LogP contribution in [0, 0.1) is 13.8 Å². The molecular weight excluding hydrogens is 360 g/mol. The van der Waals surface area contributed by atoms with E-state index in [1.807, 2.05) is 38.1 Å². The van der Waals surface area contributed by atoms with Gasteiger partial charge >= 0.3 is 0 Å². The Balaban J connectivity index is 2.08. The number of carbonyl (C=O) groups is 2. The maximum absolute atomic E-state index is 12.6. The molecule has 3 aromatic rings. The van der Waals surface area contributed by atoms with Crippen molar-refractivity contribution in [1.82, 2.24) is 0 Å². The third kappa shape index (κ3) is 2.98. The van der Waals surface area contributed by atoms with Crippen LogP contribution < -0.4 is 4.74 Å². The van der Waals surface area contributed by atoms with Gasteiger partial charge in [0, 0.05) is 22.3 Å². The number of Topliss-reactive ketones (excluding diaryl/α,β-unsaturated/α-hetero) is 2. The molecule has 0 spiro atoms. The Morgan fingerprint density at radius 2 is 1.24 bits per heavy atom. The second-order valence-corrected chi connectivity index (χ2v) is 8.10. The van der Waals surface area contributed by atoms with Crippen LogP contribution in [0.4, 0.5) is 0 Å². The maximum atomic E-state index is 12.6. The molecule has 29 heavy (non-hydrogen) atoms. The molecule has 3 heteroatoms. The number of aryl methyl sites for hydroxylation is 2. The van der Waals surface area contributed by atoms with E-state index >= 15 is 0 Å². The number of benzene rings is 3. The van der Waals surface area contributed by atoms with Crippen LogP contribution in [0.2, 0.25) is 0 Å². The molecule has 1 aliphatic rings. The minimum Gasteiger partial charge on any atom is -0.457 e. The zero-order valence-electron chi connectivity index (χ0n) is 17.4. The van der Waals surface area contributed by atoms with Gasteiger partial charge in [0.1, 0.15) is 11.5 Å². The van der Waals surface area contributed by atoms with Gasteiger partial charge in [-0.25, -0.2) is 0 Å². The molecule has 1 aliphatic heterocycles. The summed E-state index contributed by atoms with van der Waals surface area (Å²) in [7, 11) is 0. The highest BCUT2D eigenvalue weighted by Crippen LogP contribution is 2.52. The van der Waals surface area contributed by atoms with Gasteiger partial charge in [0.05, 0.1) is 5.41 Å². The van der Waals surface area contributed by atoms with Gasteiger partial charge in [-0.2, -0.15) is 0 Å². The Kier molecular flexibility index (Phi) is 4.42. The number of ketones is 2. The Morgan fingerprint density at radius 1 is 0.724 bits per heavy atom. The summed E-state index contributed by atoms with van der Waals surface area (Å²) in [6, 6.07) is 17.8. The first-order valence-corrected chi connectivity index (χ1v) is 9.78. The van der Waals surface area contributed by atoms with E-state index in [1.54, 1.807) is 13.0 Å². The van der Waals surface area contributed by atoms with Crippen LogP contribution in [0.25, 0.3) is 0 Å². The highest BCUT2D eigenvalue weighted by atomic mass is 16.5. The van der Waals surface area contributed by atoms with E-state index in [4.69, 9.17) is 4.74 Å². The summed E-state index contributed by atoms with van der Waals surface area (Å²) in [5.74, 6) is 1.49. The van der Waals surface area contributed by atoms with Crippen LogP contribution in [0.15, 0.2) is 54.6 Å². The average Bonchev–Trinajstić information content (AvgIpc) is 2.66. The average molecular weight is 384 g/mol. The highest BCUT2D eigenvalue weighted by molar-refractivity contribution is 6.01. The van der Waals surface area contributed by atoms with E-state index in [2.05, 4.69) is 31.2 Å². The molecule has 0 bridgehead atoms. The molecule has 0 atom stereocenters. The van der Waals surface area contributed by atoms with Crippen molar-refractivity contribution in [3.8, 4) is 11.5 Å². The van der Waals surface area contributed by atoms with Crippen LogP contribution in [0.3, 0.4) is 0 Å². The topological polar surface area (TPSA) is 43.4 Å². The second-order valence-electron chi connectivity index (χ2n) is 8.10. The van der Waals surface area contributed by atoms with E-state index < -0.39 is 5.41 Å². The van der Waals surface area contributed by atoms with E-state index in [0.717, 1.165) is 39.3 Å². The lowest BCUT2D eigenvalue weighted by atomic mass is 9.67. The molecule has 146 valence electrons. The first-order chi connectivity index (χ1) is 13.7. The summed E-state index contributed by atoms with van der Waals surface area (Å²) in [6.45, 7) is 9.28. The molecule has 0 fully saturated rings. The number of hydrogen-bond donors (Lipinski definition) is 0. The lowest BCUT2D eigenvalue weighted by Crippen LogP contribution is -2.31.